The van der Waals surface area contributed by atoms with E-state index in [4.69, 9.17) is 14.5 Å². The van der Waals surface area contributed by atoms with Gasteiger partial charge in [-0.3, -0.25) is 0 Å². The predicted molar refractivity (Wildman–Crippen MR) is 120 cm³/mol. The van der Waals surface area contributed by atoms with E-state index in [1.165, 1.54) is 10.4 Å². The van der Waals surface area contributed by atoms with Crippen LogP contribution in [0.3, 0.4) is 0 Å². The van der Waals surface area contributed by atoms with E-state index < -0.39 is 0 Å². The number of rotatable bonds is 7. The van der Waals surface area contributed by atoms with Crippen molar-refractivity contribution < 1.29 is 18.7 Å². The molecule has 1 saturated carbocycles. The third kappa shape index (κ3) is 5.74. The molecule has 0 unspecified atom stereocenters. The molecule has 2 aromatic rings. The standard InChI is InChI=1S/C23H30FN3O3S/c1-29-11-12-30-23(28)25-14-15-5-9-18(10-6-15)26-22-27-21-19-13-17(24)8-7-16(19)3-2-4-20(21)31-22/h7-8,13,15,18H,2-6,9-12,14H2,1H3,(H,25,28)(H,26,27). The zero-order chi connectivity index (χ0) is 21.6. The van der Waals surface area contributed by atoms with Gasteiger partial charge in [0, 0.05) is 30.1 Å². The number of hydrogen-bond acceptors (Lipinski definition) is 6. The zero-order valence-corrected chi connectivity index (χ0v) is 18.7. The number of carbonyl (C=O) groups is 1. The lowest BCUT2D eigenvalue weighted by Gasteiger charge is -2.29. The molecule has 0 radical (unpaired) electrons. The number of nitrogens with one attached hydrogen (secondary N) is 2. The molecule has 0 spiro atoms. The molecule has 1 heterocycles. The van der Waals surface area contributed by atoms with Crippen LogP contribution in [0.4, 0.5) is 14.3 Å². The highest BCUT2D eigenvalue weighted by Crippen LogP contribution is 2.38. The van der Waals surface area contributed by atoms with Gasteiger partial charge < -0.3 is 20.1 Å². The van der Waals surface area contributed by atoms with Crippen LogP contribution < -0.4 is 10.6 Å². The molecule has 0 atom stereocenters. The van der Waals surface area contributed by atoms with Crippen molar-refractivity contribution in [3.63, 3.8) is 0 Å². The van der Waals surface area contributed by atoms with E-state index in [1.807, 2.05) is 6.07 Å². The van der Waals surface area contributed by atoms with E-state index in [9.17, 15) is 9.18 Å². The van der Waals surface area contributed by atoms with E-state index >= 15 is 0 Å². The summed E-state index contributed by atoms with van der Waals surface area (Å²) in [4.78, 5) is 17.8. The average Bonchev–Trinajstić information content (AvgIpc) is 3.09. The van der Waals surface area contributed by atoms with Crippen LogP contribution in [0.5, 0.6) is 0 Å². The van der Waals surface area contributed by atoms with Gasteiger partial charge in [-0.2, -0.15) is 0 Å². The van der Waals surface area contributed by atoms with Gasteiger partial charge in [0.15, 0.2) is 5.13 Å². The van der Waals surface area contributed by atoms with Gasteiger partial charge in [-0.1, -0.05) is 6.07 Å². The molecule has 1 aromatic carbocycles. The maximum absolute atomic E-state index is 13.8. The van der Waals surface area contributed by atoms with Crippen LogP contribution >= 0.6 is 11.3 Å². The van der Waals surface area contributed by atoms with Crippen LogP contribution in [0.15, 0.2) is 18.2 Å². The summed E-state index contributed by atoms with van der Waals surface area (Å²) in [5, 5.41) is 7.40. The van der Waals surface area contributed by atoms with Crippen LogP contribution in [-0.4, -0.2) is 44.0 Å². The number of amides is 1. The fourth-order valence-electron chi connectivity index (χ4n) is 4.40. The number of aryl methyl sites for hydroxylation is 2. The van der Waals surface area contributed by atoms with Gasteiger partial charge in [0.1, 0.15) is 12.4 Å². The number of aromatic nitrogens is 1. The molecule has 0 aliphatic heterocycles. The molecular formula is C23H30FN3O3S. The minimum absolute atomic E-state index is 0.205. The Bertz CT molecular complexity index is 896. The lowest BCUT2D eigenvalue weighted by Crippen LogP contribution is -2.34. The molecule has 31 heavy (non-hydrogen) atoms. The highest BCUT2D eigenvalue weighted by atomic mass is 32.1. The van der Waals surface area contributed by atoms with E-state index in [1.54, 1.807) is 30.6 Å². The van der Waals surface area contributed by atoms with Gasteiger partial charge in [-0.15, -0.1) is 11.3 Å². The minimum Gasteiger partial charge on any atom is -0.447 e. The second-order valence-electron chi connectivity index (χ2n) is 8.32. The molecule has 4 rings (SSSR count). The number of thiazole rings is 1. The first-order chi connectivity index (χ1) is 15.1. The number of benzene rings is 1. The number of methoxy groups -OCH3 is 1. The Morgan fingerprint density at radius 2 is 2.06 bits per heavy atom. The Morgan fingerprint density at radius 3 is 2.87 bits per heavy atom. The van der Waals surface area contributed by atoms with E-state index in [-0.39, 0.29) is 18.5 Å². The number of ether oxygens (including phenoxy) is 2. The van der Waals surface area contributed by atoms with Crippen LogP contribution in [0.2, 0.25) is 0 Å². The van der Waals surface area contributed by atoms with Gasteiger partial charge in [0.05, 0.1) is 12.3 Å². The highest BCUT2D eigenvalue weighted by molar-refractivity contribution is 7.16. The molecule has 6 nitrogen and oxygen atoms in total. The molecule has 1 aromatic heterocycles. The minimum atomic E-state index is -0.377. The predicted octanol–water partition coefficient (Wildman–Crippen LogP) is 4.78. The van der Waals surface area contributed by atoms with Gasteiger partial charge in [0.25, 0.3) is 0 Å². The van der Waals surface area contributed by atoms with Crippen LogP contribution in [0.1, 0.15) is 42.5 Å². The highest BCUT2D eigenvalue weighted by Gasteiger charge is 2.24. The molecule has 8 heteroatoms. The molecule has 0 saturated heterocycles. The molecule has 0 bridgehead atoms. The Labute approximate surface area is 186 Å². The molecule has 1 fully saturated rings. The van der Waals surface area contributed by atoms with Crippen LogP contribution in [-0.2, 0) is 22.3 Å². The maximum atomic E-state index is 13.8. The monoisotopic (exact) mass is 447 g/mol. The first-order valence-electron chi connectivity index (χ1n) is 11.1. The van der Waals surface area contributed by atoms with Crippen molar-refractivity contribution in [2.75, 3.05) is 32.2 Å². The Kier molecular flexibility index (Phi) is 7.40. The molecule has 168 valence electrons. The molecule has 2 aliphatic rings. The number of carbonyl (C=O) groups excluding carboxylic acids is 1. The Balaban J connectivity index is 1.28. The van der Waals surface area contributed by atoms with Crippen molar-refractivity contribution in [3.05, 3.63) is 34.5 Å². The summed E-state index contributed by atoms with van der Waals surface area (Å²) in [5.74, 6) is 0.263. The molecular weight excluding hydrogens is 417 g/mol. The van der Waals surface area contributed by atoms with E-state index in [0.29, 0.717) is 25.1 Å². The summed E-state index contributed by atoms with van der Waals surface area (Å²) in [7, 11) is 1.58. The second kappa shape index (κ2) is 10.4. The number of anilines is 1. The number of hydrogen-bond donors (Lipinski definition) is 2. The maximum Gasteiger partial charge on any atom is 0.407 e. The first kappa shape index (κ1) is 22.0. The van der Waals surface area contributed by atoms with Crippen LogP contribution in [0, 0.1) is 11.7 Å². The van der Waals surface area contributed by atoms with E-state index in [2.05, 4.69) is 10.6 Å². The number of alkyl carbamates (subject to hydrolysis) is 1. The number of halogens is 1. The van der Waals surface area contributed by atoms with Crippen molar-refractivity contribution in [1.82, 2.24) is 10.3 Å². The van der Waals surface area contributed by atoms with Gasteiger partial charge in [-0.05, 0) is 68.6 Å². The fourth-order valence-corrected chi connectivity index (χ4v) is 5.50. The summed E-state index contributed by atoms with van der Waals surface area (Å²) in [5.41, 5.74) is 3.08. The quantitative estimate of drug-likeness (QED) is 0.598. The summed E-state index contributed by atoms with van der Waals surface area (Å²) in [6, 6.07) is 5.45. The first-order valence-corrected chi connectivity index (χ1v) is 11.9. The SMILES string of the molecule is COCCOC(=O)NCC1CCC(Nc2nc3c(s2)CCCc2ccc(F)cc2-3)CC1. The zero-order valence-electron chi connectivity index (χ0n) is 17.9. The van der Waals surface area contributed by atoms with Crippen molar-refractivity contribution in [3.8, 4) is 11.3 Å². The van der Waals surface area contributed by atoms with Crippen molar-refractivity contribution in [2.45, 2.75) is 51.0 Å². The van der Waals surface area contributed by atoms with Gasteiger partial charge in [0.2, 0.25) is 0 Å². The largest absolute Gasteiger partial charge is 0.447 e. The topological polar surface area (TPSA) is 72.5 Å². The second-order valence-corrected chi connectivity index (χ2v) is 9.40. The number of fused-ring (bicyclic) bond motifs is 3. The smallest absolute Gasteiger partial charge is 0.407 e. The van der Waals surface area contributed by atoms with Crippen molar-refractivity contribution >= 4 is 22.6 Å². The molecule has 1 amide bonds. The molecule has 2 aliphatic carbocycles. The lowest BCUT2D eigenvalue weighted by molar-refractivity contribution is 0.0972. The summed E-state index contributed by atoms with van der Waals surface area (Å²) >= 11 is 1.71. The van der Waals surface area contributed by atoms with Crippen molar-refractivity contribution in [1.29, 1.82) is 0 Å². The van der Waals surface area contributed by atoms with Crippen molar-refractivity contribution in [2.24, 2.45) is 5.92 Å². The summed E-state index contributed by atoms with van der Waals surface area (Å²) in [6.45, 7) is 1.32. The summed E-state index contributed by atoms with van der Waals surface area (Å²) < 4.78 is 23.8. The molecule has 2 N–H and O–H groups in total. The Hall–Kier alpha value is -2.19. The lowest BCUT2D eigenvalue weighted by atomic mass is 9.86. The fraction of sp³-hybridized carbons (Fsp3) is 0.565. The van der Waals surface area contributed by atoms with E-state index in [0.717, 1.165) is 61.3 Å². The third-order valence-electron chi connectivity index (χ3n) is 6.10. The average molecular weight is 448 g/mol. The number of nitrogens with zero attached hydrogens (tertiary/aromatic N) is 1. The Morgan fingerprint density at radius 1 is 1.23 bits per heavy atom. The van der Waals surface area contributed by atoms with Crippen LogP contribution in [0.25, 0.3) is 11.3 Å². The normalized spacial score (nSPS) is 20.3. The third-order valence-corrected chi connectivity index (χ3v) is 7.15. The summed E-state index contributed by atoms with van der Waals surface area (Å²) in [6.07, 6.45) is 6.84. The van der Waals surface area contributed by atoms with Gasteiger partial charge in [-0.25, -0.2) is 14.2 Å². The van der Waals surface area contributed by atoms with Gasteiger partial charge >= 0.3 is 6.09 Å².